The fourth-order valence-corrected chi connectivity index (χ4v) is 3.13. The molecule has 23 heavy (non-hydrogen) atoms. The summed E-state index contributed by atoms with van der Waals surface area (Å²) in [4.78, 5) is 11.8. The molecule has 0 bridgehead atoms. The van der Waals surface area contributed by atoms with Crippen molar-refractivity contribution in [2.75, 3.05) is 0 Å². The van der Waals surface area contributed by atoms with Crippen LogP contribution in [0, 0.1) is 6.07 Å². The molecule has 2 N–H and O–H groups in total. The second-order valence-electron chi connectivity index (χ2n) is 5.36. The first-order chi connectivity index (χ1) is 11.1. The van der Waals surface area contributed by atoms with E-state index in [4.69, 9.17) is 21.8 Å². The summed E-state index contributed by atoms with van der Waals surface area (Å²) in [5, 5.41) is 2.23. The Labute approximate surface area is 137 Å². The molecule has 2 aromatic carbocycles. The Morgan fingerprint density at radius 3 is 2.91 bits per heavy atom. The third-order valence-electron chi connectivity index (χ3n) is 3.95. The summed E-state index contributed by atoms with van der Waals surface area (Å²) in [5.41, 5.74) is 8.87. The van der Waals surface area contributed by atoms with Gasteiger partial charge in [0.1, 0.15) is 0 Å². The van der Waals surface area contributed by atoms with Gasteiger partial charge in [-0.2, -0.15) is 0 Å². The van der Waals surface area contributed by atoms with Gasteiger partial charge in [-0.25, -0.2) is 0 Å². The molecule has 0 aliphatic rings. The van der Waals surface area contributed by atoms with Crippen LogP contribution in [0.5, 0.6) is 0 Å². The van der Waals surface area contributed by atoms with Gasteiger partial charge in [-0.05, 0) is 36.4 Å². The van der Waals surface area contributed by atoms with Gasteiger partial charge in [0.2, 0.25) is 5.91 Å². The summed E-state index contributed by atoms with van der Waals surface area (Å²) in [5.74, 6) is -0.457. The lowest BCUT2D eigenvalue weighted by Crippen LogP contribution is -2.11. The Balaban J connectivity index is 2.11. The van der Waals surface area contributed by atoms with Crippen molar-refractivity contribution in [2.24, 2.45) is 5.73 Å². The van der Waals surface area contributed by atoms with E-state index in [1.54, 1.807) is 24.7 Å². The van der Waals surface area contributed by atoms with Gasteiger partial charge in [0.15, 0.2) is 0 Å². The van der Waals surface area contributed by atoms with Crippen LogP contribution < -0.4 is 5.73 Å². The van der Waals surface area contributed by atoms with E-state index >= 15 is 0 Å². The molecule has 0 spiro atoms. The van der Waals surface area contributed by atoms with E-state index in [0.29, 0.717) is 17.1 Å². The molecule has 1 radical (unpaired) electrons. The third-order valence-corrected chi connectivity index (χ3v) is 4.16. The maximum Gasteiger partial charge on any atom is 0.249 e. The molecule has 1 amide bonds. The Kier molecular flexibility index (Phi) is 3.13. The lowest BCUT2D eigenvalue weighted by molar-refractivity contribution is 0.100. The minimum atomic E-state index is -0.457. The molecule has 5 heteroatoms. The van der Waals surface area contributed by atoms with Crippen molar-refractivity contribution in [1.29, 1.82) is 0 Å². The molecule has 0 unspecified atom stereocenters. The summed E-state index contributed by atoms with van der Waals surface area (Å²) in [6.07, 6.45) is 3.33. The van der Waals surface area contributed by atoms with Gasteiger partial charge in [-0.1, -0.05) is 17.7 Å². The lowest BCUT2D eigenvalue weighted by Gasteiger charge is -2.06. The number of furan rings is 1. The number of carbonyl (C=O) groups is 1. The number of nitrogens with two attached hydrogens (primary N) is 1. The summed E-state index contributed by atoms with van der Waals surface area (Å²) >= 11 is 6.15. The maximum absolute atomic E-state index is 11.8. The van der Waals surface area contributed by atoms with Gasteiger partial charge in [0, 0.05) is 26.9 Å². The zero-order valence-electron chi connectivity index (χ0n) is 12.0. The first kappa shape index (κ1) is 13.9. The molecule has 0 atom stereocenters. The number of halogens is 1. The van der Waals surface area contributed by atoms with Crippen LogP contribution >= 0.6 is 11.6 Å². The molecule has 0 saturated carbocycles. The molecule has 4 aromatic rings. The van der Waals surface area contributed by atoms with E-state index in [0.717, 1.165) is 27.4 Å². The van der Waals surface area contributed by atoms with Gasteiger partial charge in [0.05, 0.1) is 30.1 Å². The van der Waals surface area contributed by atoms with Crippen LogP contribution in [0.4, 0.5) is 0 Å². The highest BCUT2D eigenvalue weighted by Gasteiger charge is 2.17. The largest absolute Gasteiger partial charge is 0.472 e. The van der Waals surface area contributed by atoms with Crippen LogP contribution in [0.25, 0.3) is 21.8 Å². The van der Waals surface area contributed by atoms with Crippen LogP contribution in [0.3, 0.4) is 0 Å². The van der Waals surface area contributed by atoms with Gasteiger partial charge < -0.3 is 14.7 Å². The van der Waals surface area contributed by atoms with Crippen LogP contribution in [0.15, 0.2) is 53.3 Å². The highest BCUT2D eigenvalue weighted by molar-refractivity contribution is 6.31. The van der Waals surface area contributed by atoms with Crippen LogP contribution in [0.1, 0.15) is 15.9 Å². The summed E-state index contributed by atoms with van der Waals surface area (Å²) in [6, 6.07) is 14.2. The molecule has 0 saturated heterocycles. The minimum absolute atomic E-state index is 0.457. The van der Waals surface area contributed by atoms with Crippen LogP contribution in [0.2, 0.25) is 5.02 Å². The van der Waals surface area contributed by atoms with Gasteiger partial charge >= 0.3 is 0 Å². The number of nitrogens with zero attached hydrogens (tertiary/aromatic N) is 1. The van der Waals surface area contributed by atoms with Crippen molar-refractivity contribution in [3.05, 3.63) is 71.1 Å². The average Bonchev–Trinajstić information content (AvgIpc) is 3.14. The number of rotatable bonds is 3. The van der Waals surface area contributed by atoms with Crippen molar-refractivity contribution < 1.29 is 9.21 Å². The second kappa shape index (κ2) is 5.18. The van der Waals surface area contributed by atoms with Crippen molar-refractivity contribution in [2.45, 2.75) is 6.54 Å². The quantitative estimate of drug-likeness (QED) is 0.619. The SMILES string of the molecule is NC(=O)c1cccc2c1c1[c]cc(Cl)cc1n2Cc1ccoc1. The fourth-order valence-electron chi connectivity index (χ4n) is 2.97. The zero-order valence-corrected chi connectivity index (χ0v) is 12.8. The van der Waals surface area contributed by atoms with Crippen molar-refractivity contribution in [3.63, 3.8) is 0 Å². The molecule has 4 nitrogen and oxygen atoms in total. The fraction of sp³-hybridized carbons (Fsp3) is 0.0556. The van der Waals surface area contributed by atoms with E-state index in [-0.39, 0.29) is 0 Å². The number of hydrogen-bond donors (Lipinski definition) is 1. The first-order valence-corrected chi connectivity index (χ1v) is 7.46. The highest BCUT2D eigenvalue weighted by Crippen LogP contribution is 2.33. The smallest absolute Gasteiger partial charge is 0.249 e. The second-order valence-corrected chi connectivity index (χ2v) is 5.80. The van der Waals surface area contributed by atoms with E-state index in [2.05, 4.69) is 10.6 Å². The van der Waals surface area contributed by atoms with Gasteiger partial charge in [-0.15, -0.1) is 0 Å². The maximum atomic E-state index is 11.8. The number of amides is 1. The molecule has 0 fully saturated rings. The zero-order chi connectivity index (χ0) is 16.0. The van der Waals surface area contributed by atoms with Gasteiger partial charge in [-0.3, -0.25) is 4.79 Å². The van der Waals surface area contributed by atoms with Crippen LogP contribution in [-0.2, 0) is 6.54 Å². The molecule has 2 heterocycles. The lowest BCUT2D eigenvalue weighted by atomic mass is 10.1. The first-order valence-electron chi connectivity index (χ1n) is 7.08. The normalized spacial score (nSPS) is 11.3. The van der Waals surface area contributed by atoms with E-state index in [1.165, 1.54) is 0 Å². The number of fused-ring (bicyclic) bond motifs is 3. The molecule has 4 rings (SSSR count). The van der Waals surface area contributed by atoms with E-state index in [9.17, 15) is 4.79 Å². The summed E-state index contributed by atoms with van der Waals surface area (Å²) < 4.78 is 7.24. The topological polar surface area (TPSA) is 61.2 Å². The number of benzene rings is 2. The summed E-state index contributed by atoms with van der Waals surface area (Å²) in [7, 11) is 0. The standard InChI is InChI=1S/C18H12ClN2O2/c19-12-4-5-13-16(8-12)21(9-11-6-7-23-10-11)15-3-1-2-14(17(13)15)18(20)22/h1-4,6-8,10H,9H2,(H2,20,22). The Morgan fingerprint density at radius 1 is 1.30 bits per heavy atom. The molecular weight excluding hydrogens is 312 g/mol. The number of hydrogen-bond acceptors (Lipinski definition) is 2. The van der Waals surface area contributed by atoms with E-state index < -0.39 is 5.91 Å². The molecule has 2 aromatic heterocycles. The van der Waals surface area contributed by atoms with Gasteiger partial charge in [0.25, 0.3) is 0 Å². The molecule has 0 aliphatic carbocycles. The van der Waals surface area contributed by atoms with Crippen LogP contribution in [-0.4, -0.2) is 10.5 Å². The predicted octanol–water partition coefficient (Wildman–Crippen LogP) is 3.99. The average molecular weight is 324 g/mol. The monoisotopic (exact) mass is 323 g/mol. The number of aromatic nitrogens is 1. The minimum Gasteiger partial charge on any atom is -0.472 e. The number of carbonyl (C=O) groups excluding carboxylic acids is 1. The molecule has 0 aliphatic heterocycles. The molecular formula is C18H12ClN2O2. The number of primary amides is 1. The van der Waals surface area contributed by atoms with Crippen molar-refractivity contribution in [3.8, 4) is 0 Å². The Bertz CT molecular complexity index is 1030. The van der Waals surface area contributed by atoms with Crippen molar-refractivity contribution in [1.82, 2.24) is 4.57 Å². The summed E-state index contributed by atoms with van der Waals surface area (Å²) in [6.45, 7) is 0.604. The predicted molar refractivity (Wildman–Crippen MR) is 89.6 cm³/mol. The Hall–Kier alpha value is -2.72. The third kappa shape index (κ3) is 2.19. The molecule has 113 valence electrons. The Morgan fingerprint density at radius 2 is 2.17 bits per heavy atom. The van der Waals surface area contributed by atoms with E-state index in [1.807, 2.05) is 24.3 Å². The van der Waals surface area contributed by atoms with Crippen molar-refractivity contribution >= 4 is 39.3 Å². The highest BCUT2D eigenvalue weighted by atomic mass is 35.5.